The summed E-state index contributed by atoms with van der Waals surface area (Å²) < 4.78 is 22.7. The lowest BCUT2D eigenvalue weighted by atomic mass is 10.6. The van der Waals surface area contributed by atoms with Crippen molar-refractivity contribution in [1.29, 1.82) is 0 Å². The Bertz CT molecular complexity index is 440. The lowest BCUT2D eigenvalue weighted by Crippen LogP contribution is -2.14. The first-order valence-electron chi connectivity index (χ1n) is 3.85. The Morgan fingerprint density at radius 1 is 1.50 bits per heavy atom. The first kappa shape index (κ1) is 10.6. The Hall–Kier alpha value is -1.43. The van der Waals surface area contributed by atoms with Crippen molar-refractivity contribution >= 4 is 15.8 Å². The van der Waals surface area contributed by atoms with E-state index < -0.39 is 9.84 Å². The van der Waals surface area contributed by atoms with Gasteiger partial charge in [0.05, 0.1) is 0 Å². The van der Waals surface area contributed by atoms with E-state index in [0.29, 0.717) is 5.95 Å². The smallest absolute Gasteiger partial charge is 0.226 e. The average Bonchev–Trinajstić information content (AvgIpc) is 2.18. The molecule has 0 aliphatic rings. The van der Waals surface area contributed by atoms with E-state index in [-0.39, 0.29) is 5.03 Å². The quantitative estimate of drug-likeness (QED) is 0.682. The molecule has 0 atom stereocenters. The van der Waals surface area contributed by atoms with Crippen LogP contribution in [0, 0.1) is 0 Å². The van der Waals surface area contributed by atoms with Crippen LogP contribution in [0.25, 0.3) is 0 Å². The minimum atomic E-state index is -3.47. The maximum Gasteiger partial charge on any atom is 0.226 e. The van der Waals surface area contributed by atoms with Crippen LogP contribution in [0.15, 0.2) is 29.3 Å². The highest BCUT2D eigenvalue weighted by atomic mass is 32.2. The van der Waals surface area contributed by atoms with Gasteiger partial charge in [0.1, 0.15) is 0 Å². The molecule has 76 valence electrons. The topological polar surface area (TPSA) is 63.2 Å². The summed E-state index contributed by atoms with van der Waals surface area (Å²) in [7, 11) is 0.00341. The molecule has 0 bridgehead atoms. The minimum Gasteiger partial charge on any atom is -0.347 e. The monoisotopic (exact) mass is 213 g/mol. The molecule has 0 saturated carbocycles. The van der Waals surface area contributed by atoms with Gasteiger partial charge in [-0.1, -0.05) is 6.58 Å². The molecule has 0 aliphatic heterocycles. The highest BCUT2D eigenvalue weighted by Gasteiger charge is 2.12. The van der Waals surface area contributed by atoms with Crippen molar-refractivity contribution in [2.75, 3.05) is 19.0 Å². The van der Waals surface area contributed by atoms with E-state index in [1.54, 1.807) is 19.0 Å². The van der Waals surface area contributed by atoms with Crippen LogP contribution >= 0.6 is 0 Å². The fourth-order valence-corrected chi connectivity index (χ4v) is 1.42. The lowest BCUT2D eigenvalue weighted by Gasteiger charge is -2.09. The molecule has 0 fully saturated rings. The molecule has 6 heteroatoms. The van der Waals surface area contributed by atoms with Gasteiger partial charge < -0.3 is 4.90 Å². The standard InChI is InChI=1S/C8H11N3O2S/c1-4-14(12,13)7-5-6-9-8(10-7)11(2)3/h4-6H,1H2,2-3H3. The second kappa shape index (κ2) is 3.75. The molecular formula is C8H11N3O2S. The van der Waals surface area contributed by atoms with Crippen molar-refractivity contribution in [3.8, 4) is 0 Å². The average molecular weight is 213 g/mol. The van der Waals surface area contributed by atoms with Gasteiger partial charge in [-0.15, -0.1) is 0 Å². The fourth-order valence-electron chi connectivity index (χ4n) is 0.792. The summed E-state index contributed by atoms with van der Waals surface area (Å²) in [5.41, 5.74) is 0. The minimum absolute atomic E-state index is 0.0359. The van der Waals surface area contributed by atoms with Gasteiger partial charge in [0.15, 0.2) is 5.03 Å². The van der Waals surface area contributed by atoms with Gasteiger partial charge in [-0.2, -0.15) is 0 Å². The van der Waals surface area contributed by atoms with Crippen molar-refractivity contribution in [3.63, 3.8) is 0 Å². The number of sulfone groups is 1. The maximum absolute atomic E-state index is 11.3. The van der Waals surface area contributed by atoms with Crippen LogP contribution in [-0.2, 0) is 9.84 Å². The number of aromatic nitrogens is 2. The summed E-state index contributed by atoms with van der Waals surface area (Å²) >= 11 is 0. The second-order valence-electron chi connectivity index (χ2n) is 2.80. The molecule has 0 unspecified atom stereocenters. The molecule has 0 radical (unpaired) electrons. The van der Waals surface area contributed by atoms with Crippen LogP contribution in [-0.4, -0.2) is 32.5 Å². The van der Waals surface area contributed by atoms with Crippen LogP contribution in [0.5, 0.6) is 0 Å². The van der Waals surface area contributed by atoms with E-state index >= 15 is 0 Å². The molecule has 0 amide bonds. The SMILES string of the molecule is C=CS(=O)(=O)c1ccnc(N(C)C)n1. The number of hydrogen-bond donors (Lipinski definition) is 0. The Labute approximate surface area is 83.0 Å². The Morgan fingerprint density at radius 2 is 2.14 bits per heavy atom. The van der Waals surface area contributed by atoms with Crippen LogP contribution < -0.4 is 4.90 Å². The molecule has 14 heavy (non-hydrogen) atoms. The van der Waals surface area contributed by atoms with Gasteiger partial charge in [0.2, 0.25) is 15.8 Å². The van der Waals surface area contributed by atoms with E-state index in [1.165, 1.54) is 12.3 Å². The molecule has 1 aromatic rings. The number of anilines is 1. The van der Waals surface area contributed by atoms with Crippen molar-refractivity contribution in [1.82, 2.24) is 9.97 Å². The van der Waals surface area contributed by atoms with Gasteiger partial charge in [-0.3, -0.25) is 0 Å². The van der Waals surface area contributed by atoms with Gasteiger partial charge in [-0.25, -0.2) is 18.4 Å². The predicted octanol–water partition coefficient (Wildman–Crippen LogP) is 0.460. The summed E-state index contributed by atoms with van der Waals surface area (Å²) in [6.07, 6.45) is 1.40. The molecule has 0 N–H and O–H groups in total. The van der Waals surface area contributed by atoms with Crippen molar-refractivity contribution in [2.24, 2.45) is 0 Å². The molecule has 1 rings (SSSR count). The summed E-state index contributed by atoms with van der Waals surface area (Å²) in [6, 6.07) is 1.34. The van der Waals surface area contributed by atoms with Crippen LogP contribution in [0.2, 0.25) is 0 Å². The first-order valence-corrected chi connectivity index (χ1v) is 5.40. The van der Waals surface area contributed by atoms with Crippen molar-refractivity contribution in [3.05, 3.63) is 24.3 Å². The van der Waals surface area contributed by atoms with E-state index in [0.717, 1.165) is 5.41 Å². The molecule has 0 spiro atoms. The van der Waals surface area contributed by atoms with Crippen molar-refractivity contribution < 1.29 is 8.42 Å². The van der Waals surface area contributed by atoms with Crippen LogP contribution in [0.3, 0.4) is 0 Å². The van der Waals surface area contributed by atoms with Crippen LogP contribution in [0.4, 0.5) is 5.95 Å². The van der Waals surface area contributed by atoms with Gasteiger partial charge in [-0.05, 0) is 6.07 Å². The van der Waals surface area contributed by atoms with Gasteiger partial charge in [0, 0.05) is 25.7 Å². The van der Waals surface area contributed by atoms with Gasteiger partial charge in [0.25, 0.3) is 0 Å². The molecule has 0 aliphatic carbocycles. The zero-order valence-electron chi connectivity index (χ0n) is 8.01. The third-order valence-corrected chi connectivity index (χ3v) is 2.78. The third-order valence-electron chi connectivity index (χ3n) is 1.53. The zero-order chi connectivity index (χ0) is 10.8. The Morgan fingerprint density at radius 3 is 2.64 bits per heavy atom. The number of hydrogen-bond acceptors (Lipinski definition) is 5. The van der Waals surface area contributed by atoms with E-state index in [9.17, 15) is 8.42 Å². The zero-order valence-corrected chi connectivity index (χ0v) is 8.82. The van der Waals surface area contributed by atoms with Crippen LogP contribution in [0.1, 0.15) is 0 Å². The summed E-state index contributed by atoms with van der Waals surface area (Å²) in [5.74, 6) is 0.355. The second-order valence-corrected chi connectivity index (χ2v) is 4.64. The molecular weight excluding hydrogens is 202 g/mol. The highest BCUT2D eigenvalue weighted by molar-refractivity contribution is 7.94. The Balaban J connectivity index is 3.26. The molecule has 1 aromatic heterocycles. The summed E-state index contributed by atoms with van der Waals surface area (Å²) in [6.45, 7) is 3.22. The largest absolute Gasteiger partial charge is 0.347 e. The first-order chi connectivity index (χ1) is 6.47. The Kier molecular flexibility index (Phi) is 2.85. The fraction of sp³-hybridized carbons (Fsp3) is 0.250. The predicted molar refractivity (Wildman–Crippen MR) is 53.7 cm³/mol. The van der Waals surface area contributed by atoms with E-state index in [1.807, 2.05) is 0 Å². The highest BCUT2D eigenvalue weighted by Crippen LogP contribution is 2.10. The molecule has 0 aromatic carbocycles. The van der Waals surface area contributed by atoms with E-state index in [4.69, 9.17) is 0 Å². The number of rotatable bonds is 3. The number of nitrogens with zero attached hydrogens (tertiary/aromatic N) is 3. The normalized spacial score (nSPS) is 11.0. The van der Waals surface area contributed by atoms with Crippen molar-refractivity contribution in [2.45, 2.75) is 5.03 Å². The molecule has 5 nitrogen and oxygen atoms in total. The molecule has 1 heterocycles. The van der Waals surface area contributed by atoms with Gasteiger partial charge >= 0.3 is 0 Å². The summed E-state index contributed by atoms with van der Waals surface area (Å²) in [4.78, 5) is 9.40. The lowest BCUT2D eigenvalue weighted by molar-refractivity contribution is 0.600. The molecule has 0 saturated heterocycles. The maximum atomic E-state index is 11.3. The summed E-state index contributed by atoms with van der Waals surface area (Å²) in [5, 5.41) is 0.834. The van der Waals surface area contributed by atoms with E-state index in [2.05, 4.69) is 16.5 Å². The third kappa shape index (κ3) is 2.08.